The van der Waals surface area contributed by atoms with Crippen LogP contribution >= 0.6 is 23.2 Å². The Hall–Kier alpha value is -2.61. The van der Waals surface area contributed by atoms with E-state index in [4.69, 9.17) is 23.2 Å². The standard InChI is InChI=1S/C27H20Cl2N/c28-20-12-8-18(9-13-20)27(19-10-14-21(29)15-11-19)17-25-22-5-1-2-6-23(22)26(27)24-7-3-4-16-30(24)25/h1-16,25-26H,17H2/q+1/t25-,26+/m1/s1. The Bertz CT molecular complexity index is 1150. The van der Waals surface area contributed by atoms with Gasteiger partial charge in [-0.15, -0.1) is 0 Å². The topological polar surface area (TPSA) is 3.88 Å². The van der Waals surface area contributed by atoms with Gasteiger partial charge in [0.15, 0.2) is 17.9 Å². The summed E-state index contributed by atoms with van der Waals surface area (Å²) in [5, 5.41) is 1.53. The van der Waals surface area contributed by atoms with Crippen LogP contribution in [0.5, 0.6) is 0 Å². The zero-order chi connectivity index (χ0) is 20.3. The zero-order valence-corrected chi connectivity index (χ0v) is 17.8. The molecular formula is C27H20Cl2N+. The largest absolute Gasteiger partial charge is 0.195 e. The molecule has 3 aromatic carbocycles. The number of fused-ring (bicyclic) bond motifs is 1. The molecule has 0 unspecified atom stereocenters. The van der Waals surface area contributed by atoms with Gasteiger partial charge in [0.2, 0.25) is 0 Å². The normalized spacial score (nSPS) is 20.5. The van der Waals surface area contributed by atoms with Gasteiger partial charge in [-0.05, 0) is 41.0 Å². The van der Waals surface area contributed by atoms with Gasteiger partial charge in [0.05, 0.1) is 5.92 Å². The number of pyridine rings is 1. The van der Waals surface area contributed by atoms with E-state index >= 15 is 0 Å². The predicted octanol–water partition coefficient (Wildman–Crippen LogP) is 6.71. The lowest BCUT2D eigenvalue weighted by Crippen LogP contribution is -2.60. The van der Waals surface area contributed by atoms with E-state index in [-0.39, 0.29) is 17.4 Å². The van der Waals surface area contributed by atoms with Crippen LogP contribution in [0.15, 0.2) is 97.2 Å². The highest BCUT2D eigenvalue weighted by Gasteiger charge is 2.59. The molecule has 0 saturated carbocycles. The molecule has 0 radical (unpaired) electrons. The van der Waals surface area contributed by atoms with Crippen molar-refractivity contribution in [1.82, 2.24) is 0 Å². The summed E-state index contributed by atoms with van der Waals surface area (Å²) in [6, 6.07) is 32.7. The van der Waals surface area contributed by atoms with E-state index in [1.807, 2.05) is 24.3 Å². The van der Waals surface area contributed by atoms with Gasteiger partial charge in [0, 0.05) is 39.6 Å². The van der Waals surface area contributed by atoms with Crippen molar-refractivity contribution in [3.63, 3.8) is 0 Å². The quantitative estimate of drug-likeness (QED) is 0.312. The molecule has 1 nitrogen and oxygen atoms in total. The lowest BCUT2D eigenvalue weighted by molar-refractivity contribution is -0.732. The first-order valence-electron chi connectivity index (χ1n) is 10.3. The first-order chi connectivity index (χ1) is 14.7. The highest BCUT2D eigenvalue weighted by molar-refractivity contribution is 6.30. The second-order valence-electron chi connectivity index (χ2n) is 8.30. The molecule has 0 N–H and O–H groups in total. The molecule has 146 valence electrons. The van der Waals surface area contributed by atoms with E-state index in [9.17, 15) is 0 Å². The van der Waals surface area contributed by atoms with E-state index < -0.39 is 0 Å². The fourth-order valence-electron chi connectivity index (χ4n) is 5.76. The minimum Gasteiger partial charge on any atom is -0.195 e. The van der Waals surface area contributed by atoms with Gasteiger partial charge in [-0.25, -0.2) is 0 Å². The Morgan fingerprint density at radius 2 is 1.23 bits per heavy atom. The van der Waals surface area contributed by atoms with Gasteiger partial charge in [0.25, 0.3) is 0 Å². The fourth-order valence-corrected chi connectivity index (χ4v) is 6.02. The van der Waals surface area contributed by atoms with Crippen molar-refractivity contribution >= 4 is 23.2 Å². The number of benzene rings is 3. The molecule has 3 heterocycles. The summed E-state index contributed by atoms with van der Waals surface area (Å²) in [5.41, 5.74) is 6.63. The first kappa shape index (κ1) is 18.2. The van der Waals surface area contributed by atoms with Crippen LogP contribution in [0.3, 0.4) is 0 Å². The maximum atomic E-state index is 6.28. The number of rotatable bonds is 2. The Balaban J connectivity index is 1.70. The average molecular weight is 429 g/mol. The lowest BCUT2D eigenvalue weighted by Gasteiger charge is -2.50. The van der Waals surface area contributed by atoms with Crippen LogP contribution in [0.1, 0.15) is 46.3 Å². The molecular weight excluding hydrogens is 409 g/mol. The van der Waals surface area contributed by atoms with Gasteiger partial charge in [-0.3, -0.25) is 0 Å². The molecule has 3 heteroatoms. The van der Waals surface area contributed by atoms with Crippen molar-refractivity contribution < 1.29 is 4.57 Å². The van der Waals surface area contributed by atoms with Gasteiger partial charge < -0.3 is 0 Å². The molecule has 2 aliphatic heterocycles. The summed E-state index contributed by atoms with van der Waals surface area (Å²) in [7, 11) is 0. The average Bonchev–Trinajstić information content (AvgIpc) is 2.80. The molecule has 3 aliphatic rings. The molecule has 0 spiro atoms. The third-order valence-corrected chi connectivity index (χ3v) is 7.45. The smallest absolute Gasteiger partial charge is 0.190 e. The van der Waals surface area contributed by atoms with Gasteiger partial charge >= 0.3 is 0 Å². The third kappa shape index (κ3) is 2.46. The highest BCUT2D eigenvalue weighted by Crippen LogP contribution is 2.59. The number of halogens is 2. The molecule has 1 aliphatic carbocycles. The van der Waals surface area contributed by atoms with Crippen molar-refractivity contribution in [2.24, 2.45) is 0 Å². The monoisotopic (exact) mass is 428 g/mol. The highest BCUT2D eigenvalue weighted by atomic mass is 35.5. The van der Waals surface area contributed by atoms with E-state index in [0.29, 0.717) is 0 Å². The van der Waals surface area contributed by atoms with Crippen LogP contribution in [0.2, 0.25) is 10.0 Å². The van der Waals surface area contributed by atoms with Crippen LogP contribution in [0.4, 0.5) is 0 Å². The van der Waals surface area contributed by atoms with Crippen LogP contribution < -0.4 is 4.57 Å². The molecule has 0 amide bonds. The Kier molecular flexibility index (Phi) is 4.06. The van der Waals surface area contributed by atoms with Crippen LogP contribution in [0, 0.1) is 0 Å². The third-order valence-electron chi connectivity index (χ3n) is 6.95. The molecule has 7 rings (SSSR count). The predicted molar refractivity (Wildman–Crippen MR) is 121 cm³/mol. The van der Waals surface area contributed by atoms with Crippen molar-refractivity contribution in [2.75, 3.05) is 0 Å². The molecule has 4 aromatic rings. The molecule has 30 heavy (non-hydrogen) atoms. The Morgan fingerprint density at radius 3 is 1.87 bits per heavy atom. The maximum Gasteiger partial charge on any atom is 0.190 e. The van der Waals surface area contributed by atoms with Crippen LogP contribution in [-0.4, -0.2) is 0 Å². The zero-order valence-electron chi connectivity index (χ0n) is 16.3. The van der Waals surface area contributed by atoms with Gasteiger partial charge in [-0.2, -0.15) is 4.57 Å². The summed E-state index contributed by atoms with van der Waals surface area (Å²) in [5.74, 6) is 0.210. The Labute approximate surface area is 186 Å². The summed E-state index contributed by atoms with van der Waals surface area (Å²) in [4.78, 5) is 0. The van der Waals surface area contributed by atoms with Crippen molar-refractivity contribution in [3.8, 4) is 0 Å². The van der Waals surface area contributed by atoms with Crippen LogP contribution in [0.25, 0.3) is 0 Å². The van der Waals surface area contributed by atoms with Gasteiger partial charge in [-0.1, -0.05) is 77.8 Å². The number of hydrogen-bond acceptors (Lipinski definition) is 0. The van der Waals surface area contributed by atoms with Gasteiger partial charge in [0.1, 0.15) is 0 Å². The fraction of sp³-hybridized carbons (Fsp3) is 0.148. The number of hydrogen-bond donors (Lipinski definition) is 0. The minimum absolute atomic E-state index is 0.185. The van der Waals surface area contributed by atoms with E-state index in [0.717, 1.165) is 16.5 Å². The maximum absolute atomic E-state index is 6.28. The second kappa shape index (κ2) is 6.70. The summed E-state index contributed by atoms with van der Waals surface area (Å²) in [6.45, 7) is 0. The molecule has 1 aromatic heterocycles. The minimum atomic E-state index is -0.185. The van der Waals surface area contributed by atoms with E-state index in [1.165, 1.54) is 27.9 Å². The summed E-state index contributed by atoms with van der Waals surface area (Å²) in [6.07, 6.45) is 3.23. The SMILES string of the molecule is Clc1ccc(C2(c3ccc(Cl)cc3)C[C@@H]3c4ccccc4[C@H]2c2cccc[n+]23)cc1. The molecule has 0 fully saturated rings. The second-order valence-corrected chi connectivity index (χ2v) is 9.17. The van der Waals surface area contributed by atoms with Crippen molar-refractivity contribution in [1.29, 1.82) is 0 Å². The number of nitrogens with zero attached hydrogens (tertiary/aromatic N) is 1. The summed E-state index contributed by atoms with van der Waals surface area (Å²) < 4.78 is 2.47. The lowest BCUT2D eigenvalue weighted by atomic mass is 9.53. The van der Waals surface area contributed by atoms with Crippen molar-refractivity contribution in [2.45, 2.75) is 23.8 Å². The molecule has 2 bridgehead atoms. The first-order valence-corrected chi connectivity index (χ1v) is 11.0. The van der Waals surface area contributed by atoms with Crippen molar-refractivity contribution in [3.05, 3.63) is 135 Å². The summed E-state index contributed by atoms with van der Waals surface area (Å²) >= 11 is 12.6. The molecule has 0 saturated heterocycles. The van der Waals surface area contributed by atoms with Crippen LogP contribution in [-0.2, 0) is 5.41 Å². The van der Waals surface area contributed by atoms with E-state index in [1.54, 1.807) is 0 Å². The number of aromatic nitrogens is 1. The Morgan fingerprint density at radius 1 is 0.667 bits per heavy atom. The van der Waals surface area contributed by atoms with E-state index in [2.05, 4.69) is 77.5 Å². The molecule has 2 atom stereocenters.